The Hall–Kier alpha value is -2.10. The second kappa shape index (κ2) is 12.3. The van der Waals surface area contributed by atoms with E-state index in [1.807, 2.05) is 19.1 Å². The second-order valence-electron chi connectivity index (χ2n) is 5.62. The first-order valence-electron chi connectivity index (χ1n) is 8.50. The van der Waals surface area contributed by atoms with Gasteiger partial charge in [-0.2, -0.15) is 0 Å². The Morgan fingerprint density at radius 2 is 2.07 bits per heavy atom. The van der Waals surface area contributed by atoms with Gasteiger partial charge >= 0.3 is 0 Å². The van der Waals surface area contributed by atoms with Crippen LogP contribution in [-0.2, 0) is 6.54 Å². The van der Waals surface area contributed by atoms with Gasteiger partial charge in [0.25, 0.3) is 0 Å². The first kappa shape index (κ1) is 22.9. The molecular formula is C19H26FIN4O2. The van der Waals surface area contributed by atoms with E-state index < -0.39 is 0 Å². The standard InChI is InChI=1S/C19H25FN4O2.HI/c1-4-16(26-17-7-5-6-15(20)11-17)13-24-19(21-2)23-12-14-8-9-22-18(10-14)25-3;/h5-11,16H,4,12-13H2,1-3H3,(H2,21,23,24);1H. The maximum Gasteiger partial charge on any atom is 0.213 e. The fraction of sp³-hybridized carbons (Fsp3) is 0.368. The summed E-state index contributed by atoms with van der Waals surface area (Å²) >= 11 is 0. The van der Waals surface area contributed by atoms with E-state index in [9.17, 15) is 4.39 Å². The molecule has 0 spiro atoms. The molecule has 1 atom stereocenters. The van der Waals surface area contributed by atoms with E-state index >= 15 is 0 Å². The minimum atomic E-state index is -0.310. The molecule has 0 aliphatic rings. The van der Waals surface area contributed by atoms with Gasteiger partial charge in [0.05, 0.1) is 13.7 Å². The zero-order valence-electron chi connectivity index (χ0n) is 15.7. The van der Waals surface area contributed by atoms with E-state index in [2.05, 4.69) is 20.6 Å². The lowest BCUT2D eigenvalue weighted by atomic mass is 10.2. The van der Waals surface area contributed by atoms with Crippen LogP contribution >= 0.6 is 24.0 Å². The summed E-state index contributed by atoms with van der Waals surface area (Å²) in [5.41, 5.74) is 1.03. The van der Waals surface area contributed by atoms with Crippen molar-refractivity contribution in [2.75, 3.05) is 20.7 Å². The summed E-state index contributed by atoms with van der Waals surface area (Å²) in [6, 6.07) is 9.93. The van der Waals surface area contributed by atoms with Crippen LogP contribution in [0.25, 0.3) is 0 Å². The molecule has 27 heavy (non-hydrogen) atoms. The summed E-state index contributed by atoms with van der Waals surface area (Å²) in [6.45, 7) is 3.15. The van der Waals surface area contributed by atoms with Gasteiger partial charge < -0.3 is 20.1 Å². The number of halogens is 2. The molecule has 0 aliphatic carbocycles. The fourth-order valence-corrected chi connectivity index (χ4v) is 2.29. The van der Waals surface area contributed by atoms with Gasteiger partial charge in [0.1, 0.15) is 17.7 Å². The third kappa shape index (κ3) is 7.98. The largest absolute Gasteiger partial charge is 0.489 e. The molecule has 1 aromatic heterocycles. The highest BCUT2D eigenvalue weighted by Crippen LogP contribution is 2.14. The molecule has 0 radical (unpaired) electrons. The number of aliphatic imine (C=N–C) groups is 1. The van der Waals surface area contributed by atoms with E-state index in [-0.39, 0.29) is 35.9 Å². The number of methoxy groups -OCH3 is 1. The Labute approximate surface area is 176 Å². The second-order valence-corrected chi connectivity index (χ2v) is 5.62. The Morgan fingerprint density at radius 3 is 2.74 bits per heavy atom. The highest BCUT2D eigenvalue weighted by atomic mass is 127. The van der Waals surface area contributed by atoms with Crippen LogP contribution in [0.3, 0.4) is 0 Å². The third-order valence-electron chi connectivity index (χ3n) is 3.74. The molecule has 2 aromatic rings. The molecular weight excluding hydrogens is 462 g/mol. The molecule has 0 saturated heterocycles. The summed E-state index contributed by atoms with van der Waals surface area (Å²) < 4.78 is 24.2. The Bertz CT molecular complexity index is 730. The van der Waals surface area contributed by atoms with Gasteiger partial charge in [-0.15, -0.1) is 24.0 Å². The zero-order valence-corrected chi connectivity index (χ0v) is 18.1. The normalized spacial score (nSPS) is 11.9. The van der Waals surface area contributed by atoms with Crippen molar-refractivity contribution in [2.24, 2.45) is 4.99 Å². The van der Waals surface area contributed by atoms with Crippen molar-refractivity contribution in [1.29, 1.82) is 0 Å². The Morgan fingerprint density at radius 1 is 1.26 bits per heavy atom. The van der Waals surface area contributed by atoms with Crippen molar-refractivity contribution >= 4 is 29.9 Å². The smallest absolute Gasteiger partial charge is 0.213 e. The van der Waals surface area contributed by atoms with Crippen LogP contribution < -0.4 is 20.1 Å². The number of benzene rings is 1. The van der Waals surface area contributed by atoms with E-state index in [1.54, 1.807) is 32.5 Å². The number of aromatic nitrogens is 1. The molecule has 6 nitrogen and oxygen atoms in total. The van der Waals surface area contributed by atoms with Crippen molar-refractivity contribution in [2.45, 2.75) is 26.0 Å². The SMILES string of the molecule is CCC(CNC(=NC)NCc1ccnc(OC)c1)Oc1cccc(F)c1.I. The number of rotatable bonds is 8. The number of ether oxygens (including phenoxy) is 2. The minimum absolute atomic E-state index is 0. The molecule has 1 unspecified atom stereocenters. The summed E-state index contributed by atoms with van der Waals surface area (Å²) in [7, 11) is 3.29. The topological polar surface area (TPSA) is 67.8 Å². The maximum atomic E-state index is 13.3. The van der Waals surface area contributed by atoms with E-state index in [1.165, 1.54) is 12.1 Å². The lowest BCUT2D eigenvalue weighted by Crippen LogP contribution is -2.42. The Balaban J connectivity index is 0.00000364. The number of guanidine groups is 1. The molecule has 2 N–H and O–H groups in total. The lowest BCUT2D eigenvalue weighted by Gasteiger charge is -2.20. The summed E-state index contributed by atoms with van der Waals surface area (Å²) in [4.78, 5) is 8.29. The van der Waals surface area contributed by atoms with Crippen LogP contribution in [0.2, 0.25) is 0 Å². The van der Waals surface area contributed by atoms with Crippen molar-refractivity contribution in [3.05, 3.63) is 54.0 Å². The third-order valence-corrected chi connectivity index (χ3v) is 3.74. The molecule has 8 heteroatoms. The van der Waals surface area contributed by atoms with Crippen molar-refractivity contribution in [3.63, 3.8) is 0 Å². The van der Waals surface area contributed by atoms with Crippen molar-refractivity contribution in [3.8, 4) is 11.6 Å². The van der Waals surface area contributed by atoms with Gasteiger partial charge in [-0.25, -0.2) is 9.37 Å². The minimum Gasteiger partial charge on any atom is -0.489 e. The van der Waals surface area contributed by atoms with Crippen molar-refractivity contribution in [1.82, 2.24) is 15.6 Å². The highest BCUT2D eigenvalue weighted by molar-refractivity contribution is 14.0. The molecule has 0 aliphatic heterocycles. The van der Waals surface area contributed by atoms with Crippen molar-refractivity contribution < 1.29 is 13.9 Å². The van der Waals surface area contributed by atoms with Crippen LogP contribution in [0.4, 0.5) is 4.39 Å². The summed E-state index contributed by atoms with van der Waals surface area (Å²) in [6.07, 6.45) is 2.38. The molecule has 1 aromatic carbocycles. The maximum absolute atomic E-state index is 13.3. The van der Waals surface area contributed by atoms with Crippen LogP contribution in [0.15, 0.2) is 47.6 Å². The van der Waals surface area contributed by atoms with Gasteiger partial charge in [-0.05, 0) is 30.2 Å². The quantitative estimate of drug-likeness (QED) is 0.339. The highest BCUT2D eigenvalue weighted by Gasteiger charge is 2.10. The summed E-state index contributed by atoms with van der Waals surface area (Å²) in [5.74, 6) is 1.44. The number of nitrogens with zero attached hydrogens (tertiary/aromatic N) is 2. The molecule has 2 rings (SSSR count). The van der Waals surface area contributed by atoms with Crippen LogP contribution in [0.5, 0.6) is 11.6 Å². The van der Waals surface area contributed by atoms with E-state index in [4.69, 9.17) is 9.47 Å². The van der Waals surface area contributed by atoms with Gasteiger partial charge in [-0.3, -0.25) is 4.99 Å². The van der Waals surface area contributed by atoms with Gasteiger partial charge in [0, 0.05) is 31.9 Å². The average molecular weight is 488 g/mol. The van der Waals surface area contributed by atoms with Crippen LogP contribution in [0.1, 0.15) is 18.9 Å². The molecule has 1 heterocycles. The van der Waals surface area contributed by atoms with Gasteiger partial charge in [0.15, 0.2) is 5.96 Å². The first-order chi connectivity index (χ1) is 12.6. The number of hydrogen-bond donors (Lipinski definition) is 2. The van der Waals surface area contributed by atoms with Gasteiger partial charge in [-0.1, -0.05) is 13.0 Å². The number of hydrogen-bond acceptors (Lipinski definition) is 4. The lowest BCUT2D eigenvalue weighted by molar-refractivity contribution is 0.199. The van der Waals surface area contributed by atoms with Gasteiger partial charge in [0.2, 0.25) is 5.88 Å². The Kier molecular flexibility index (Phi) is 10.5. The monoisotopic (exact) mass is 488 g/mol. The number of pyridine rings is 1. The van der Waals surface area contributed by atoms with Crippen LogP contribution in [-0.4, -0.2) is 37.7 Å². The zero-order chi connectivity index (χ0) is 18.8. The molecule has 0 bridgehead atoms. The fourth-order valence-electron chi connectivity index (χ4n) is 2.29. The summed E-state index contributed by atoms with van der Waals surface area (Å²) in [5, 5.41) is 6.46. The molecule has 0 amide bonds. The van der Waals surface area contributed by atoms with E-state index in [0.717, 1.165) is 12.0 Å². The first-order valence-corrected chi connectivity index (χ1v) is 8.50. The van der Waals surface area contributed by atoms with E-state index in [0.29, 0.717) is 30.7 Å². The predicted octanol–water partition coefficient (Wildman–Crippen LogP) is 3.37. The molecule has 0 fully saturated rings. The average Bonchev–Trinajstić information content (AvgIpc) is 2.67. The number of nitrogens with one attached hydrogen (secondary N) is 2. The molecule has 148 valence electrons. The molecule has 0 saturated carbocycles. The predicted molar refractivity (Wildman–Crippen MR) is 116 cm³/mol. The van der Waals surface area contributed by atoms with Crippen LogP contribution in [0, 0.1) is 5.82 Å².